The summed E-state index contributed by atoms with van der Waals surface area (Å²) in [5.41, 5.74) is 6.54. The van der Waals surface area contributed by atoms with Gasteiger partial charge in [-0.2, -0.15) is 0 Å². The van der Waals surface area contributed by atoms with Gasteiger partial charge in [-0.3, -0.25) is 9.69 Å². The number of nitrogens with two attached hydrogens (primary N) is 1. The molecule has 1 saturated heterocycles. The van der Waals surface area contributed by atoms with Crippen molar-refractivity contribution in [2.75, 3.05) is 32.1 Å². The number of carbonyl (C=O) groups is 1. The molecule has 1 aliphatic rings. The lowest BCUT2D eigenvalue weighted by Gasteiger charge is -2.29. The van der Waals surface area contributed by atoms with E-state index in [-0.39, 0.29) is 11.9 Å². The topological polar surface area (TPSA) is 67.6 Å². The summed E-state index contributed by atoms with van der Waals surface area (Å²) in [6.45, 7) is 2.15. The first kappa shape index (κ1) is 15.3. The zero-order chi connectivity index (χ0) is 14.5. The predicted molar refractivity (Wildman–Crippen MR) is 83.0 cm³/mol. The highest BCUT2D eigenvalue weighted by atomic mass is 79.9. The Bertz CT molecular complexity index is 473. The lowest BCUT2D eigenvalue weighted by molar-refractivity contribution is -0.117. The van der Waals surface area contributed by atoms with Crippen LogP contribution in [0.15, 0.2) is 22.7 Å². The number of piperidine rings is 1. The van der Waals surface area contributed by atoms with Crippen LogP contribution in [0.5, 0.6) is 5.75 Å². The number of rotatable bonds is 4. The SMILES string of the molecule is COc1ccc(Br)cc1NC(=O)CN1CCC(N)CC1. The summed E-state index contributed by atoms with van der Waals surface area (Å²) in [6.07, 6.45) is 1.90. The first-order valence-electron chi connectivity index (χ1n) is 6.70. The van der Waals surface area contributed by atoms with Crippen LogP contribution in [-0.2, 0) is 4.79 Å². The van der Waals surface area contributed by atoms with Crippen LogP contribution in [-0.4, -0.2) is 43.6 Å². The molecule has 3 N–H and O–H groups in total. The van der Waals surface area contributed by atoms with Crippen LogP contribution in [0.4, 0.5) is 5.69 Å². The second-order valence-electron chi connectivity index (χ2n) is 5.01. The molecule has 1 aromatic rings. The van der Waals surface area contributed by atoms with E-state index in [0.717, 1.165) is 30.4 Å². The number of methoxy groups -OCH3 is 1. The summed E-state index contributed by atoms with van der Waals surface area (Å²) in [5, 5.41) is 2.89. The molecule has 1 aromatic carbocycles. The van der Waals surface area contributed by atoms with Gasteiger partial charge in [0, 0.05) is 23.6 Å². The van der Waals surface area contributed by atoms with Crippen LogP contribution in [0.2, 0.25) is 0 Å². The molecule has 0 atom stereocenters. The maximum atomic E-state index is 12.1. The molecular weight excluding hydrogens is 322 g/mol. The Morgan fingerprint density at radius 3 is 2.85 bits per heavy atom. The van der Waals surface area contributed by atoms with Crippen molar-refractivity contribution in [1.29, 1.82) is 0 Å². The second-order valence-corrected chi connectivity index (χ2v) is 5.92. The predicted octanol–water partition coefficient (Wildman–Crippen LogP) is 1.82. The van der Waals surface area contributed by atoms with Gasteiger partial charge in [-0.25, -0.2) is 0 Å². The number of nitrogens with zero attached hydrogens (tertiary/aromatic N) is 1. The van der Waals surface area contributed by atoms with Crippen molar-refractivity contribution in [3.05, 3.63) is 22.7 Å². The molecule has 0 aliphatic carbocycles. The van der Waals surface area contributed by atoms with Crippen molar-refractivity contribution < 1.29 is 9.53 Å². The molecule has 6 heteroatoms. The van der Waals surface area contributed by atoms with Crippen LogP contribution in [0.25, 0.3) is 0 Å². The summed E-state index contributed by atoms with van der Waals surface area (Å²) in [4.78, 5) is 14.2. The molecule has 1 amide bonds. The Labute approximate surface area is 127 Å². The molecule has 2 rings (SSSR count). The molecule has 0 aromatic heterocycles. The molecule has 5 nitrogen and oxygen atoms in total. The van der Waals surface area contributed by atoms with E-state index in [0.29, 0.717) is 18.0 Å². The number of likely N-dealkylation sites (tertiary alicyclic amines) is 1. The maximum absolute atomic E-state index is 12.1. The summed E-state index contributed by atoms with van der Waals surface area (Å²) < 4.78 is 6.14. The second kappa shape index (κ2) is 7.06. The van der Waals surface area contributed by atoms with Gasteiger partial charge in [0.05, 0.1) is 19.3 Å². The van der Waals surface area contributed by atoms with E-state index in [2.05, 4.69) is 26.1 Å². The molecule has 1 aliphatic heterocycles. The fourth-order valence-electron chi connectivity index (χ4n) is 2.28. The van der Waals surface area contributed by atoms with Crippen molar-refractivity contribution in [2.24, 2.45) is 5.73 Å². The van der Waals surface area contributed by atoms with Gasteiger partial charge in [0.25, 0.3) is 0 Å². The number of amides is 1. The number of hydrogen-bond donors (Lipinski definition) is 2. The van der Waals surface area contributed by atoms with E-state index in [9.17, 15) is 4.79 Å². The average molecular weight is 342 g/mol. The number of carbonyl (C=O) groups excluding carboxylic acids is 1. The van der Waals surface area contributed by atoms with E-state index < -0.39 is 0 Å². The molecular formula is C14H20BrN3O2. The fourth-order valence-corrected chi connectivity index (χ4v) is 2.64. The molecule has 0 bridgehead atoms. The minimum absolute atomic E-state index is 0.0307. The van der Waals surface area contributed by atoms with E-state index in [4.69, 9.17) is 10.5 Å². The van der Waals surface area contributed by atoms with Crippen LogP contribution in [0.1, 0.15) is 12.8 Å². The Hall–Kier alpha value is -1.11. The van der Waals surface area contributed by atoms with Crippen molar-refractivity contribution >= 4 is 27.5 Å². The minimum Gasteiger partial charge on any atom is -0.495 e. The van der Waals surface area contributed by atoms with Crippen molar-refractivity contribution in [2.45, 2.75) is 18.9 Å². The van der Waals surface area contributed by atoms with Gasteiger partial charge in [0.2, 0.25) is 5.91 Å². The smallest absolute Gasteiger partial charge is 0.238 e. The van der Waals surface area contributed by atoms with Gasteiger partial charge in [-0.1, -0.05) is 15.9 Å². The van der Waals surface area contributed by atoms with Crippen LogP contribution in [0.3, 0.4) is 0 Å². The standard InChI is InChI=1S/C14H20BrN3O2/c1-20-13-3-2-10(15)8-12(13)17-14(19)9-18-6-4-11(16)5-7-18/h2-3,8,11H,4-7,9,16H2,1H3,(H,17,19). The Morgan fingerprint density at radius 2 is 2.20 bits per heavy atom. The van der Waals surface area contributed by atoms with E-state index in [1.165, 1.54) is 0 Å². The van der Waals surface area contributed by atoms with Crippen LogP contribution in [0, 0.1) is 0 Å². The number of anilines is 1. The first-order valence-corrected chi connectivity index (χ1v) is 7.49. The molecule has 0 radical (unpaired) electrons. The lowest BCUT2D eigenvalue weighted by Crippen LogP contribution is -2.43. The molecule has 20 heavy (non-hydrogen) atoms. The van der Waals surface area contributed by atoms with Crippen molar-refractivity contribution in [3.63, 3.8) is 0 Å². The summed E-state index contributed by atoms with van der Waals surface area (Å²) >= 11 is 3.39. The fraction of sp³-hybridized carbons (Fsp3) is 0.500. The number of halogens is 1. The van der Waals surface area contributed by atoms with Gasteiger partial charge >= 0.3 is 0 Å². The first-order chi connectivity index (χ1) is 9.58. The highest BCUT2D eigenvalue weighted by Gasteiger charge is 2.18. The third kappa shape index (κ3) is 4.19. The van der Waals surface area contributed by atoms with E-state index >= 15 is 0 Å². The van der Waals surface area contributed by atoms with Gasteiger partial charge in [-0.15, -0.1) is 0 Å². The van der Waals surface area contributed by atoms with E-state index in [1.54, 1.807) is 7.11 Å². The third-order valence-electron chi connectivity index (χ3n) is 3.44. The third-order valence-corrected chi connectivity index (χ3v) is 3.93. The minimum atomic E-state index is -0.0307. The Kier molecular flexibility index (Phi) is 5.39. The molecule has 0 spiro atoms. The van der Waals surface area contributed by atoms with Crippen molar-refractivity contribution in [3.8, 4) is 5.75 Å². The zero-order valence-electron chi connectivity index (χ0n) is 11.6. The van der Waals surface area contributed by atoms with Gasteiger partial charge < -0.3 is 15.8 Å². The Balaban J connectivity index is 1.92. The molecule has 0 unspecified atom stereocenters. The number of hydrogen-bond acceptors (Lipinski definition) is 4. The largest absolute Gasteiger partial charge is 0.495 e. The zero-order valence-corrected chi connectivity index (χ0v) is 13.1. The number of nitrogens with one attached hydrogen (secondary N) is 1. The monoisotopic (exact) mass is 341 g/mol. The van der Waals surface area contributed by atoms with Crippen molar-refractivity contribution in [1.82, 2.24) is 4.90 Å². The summed E-state index contributed by atoms with van der Waals surface area (Å²) in [5.74, 6) is 0.624. The van der Waals surface area contributed by atoms with Gasteiger partial charge in [0.15, 0.2) is 0 Å². The highest BCUT2D eigenvalue weighted by molar-refractivity contribution is 9.10. The quantitative estimate of drug-likeness (QED) is 0.876. The molecule has 1 fully saturated rings. The van der Waals surface area contributed by atoms with Crippen LogP contribution < -0.4 is 15.8 Å². The molecule has 1 heterocycles. The molecule has 110 valence electrons. The van der Waals surface area contributed by atoms with Gasteiger partial charge in [0.1, 0.15) is 5.75 Å². The maximum Gasteiger partial charge on any atom is 0.238 e. The lowest BCUT2D eigenvalue weighted by atomic mass is 10.1. The summed E-state index contributed by atoms with van der Waals surface area (Å²) in [6, 6.07) is 5.81. The summed E-state index contributed by atoms with van der Waals surface area (Å²) in [7, 11) is 1.59. The highest BCUT2D eigenvalue weighted by Crippen LogP contribution is 2.27. The Morgan fingerprint density at radius 1 is 1.50 bits per heavy atom. The average Bonchev–Trinajstić information content (AvgIpc) is 2.41. The van der Waals surface area contributed by atoms with Crippen LogP contribution >= 0.6 is 15.9 Å². The van der Waals surface area contributed by atoms with E-state index in [1.807, 2.05) is 18.2 Å². The number of benzene rings is 1. The van der Waals surface area contributed by atoms with Gasteiger partial charge in [-0.05, 0) is 31.0 Å². The normalized spacial score (nSPS) is 16.9. The molecule has 0 saturated carbocycles. The number of ether oxygens (including phenoxy) is 1.